The van der Waals surface area contributed by atoms with Crippen LogP contribution in [0.4, 0.5) is 0 Å². The summed E-state index contributed by atoms with van der Waals surface area (Å²) in [6.07, 6.45) is -0.221. The Morgan fingerprint density at radius 1 is 1.16 bits per heavy atom. The van der Waals surface area contributed by atoms with Crippen molar-refractivity contribution in [3.8, 4) is 0 Å². The van der Waals surface area contributed by atoms with E-state index in [1.54, 1.807) is 0 Å². The van der Waals surface area contributed by atoms with Crippen molar-refractivity contribution in [3.63, 3.8) is 0 Å². The molecule has 19 heavy (non-hydrogen) atoms. The highest BCUT2D eigenvalue weighted by Gasteiger charge is 2.11. The van der Waals surface area contributed by atoms with E-state index in [-0.39, 0.29) is 24.7 Å². The molecular formula is C15H20O4. The lowest BCUT2D eigenvalue weighted by Crippen LogP contribution is -2.17. The van der Waals surface area contributed by atoms with Crippen molar-refractivity contribution in [2.45, 2.75) is 26.9 Å². The standard InChI is InChI=1S/C15H20O4/c1-12(2)9-19-15(17)8-14(16)11-18-10-13-6-4-3-5-7-13/h3-7,12H,8-11H2,1-2H3. The van der Waals surface area contributed by atoms with Gasteiger partial charge in [-0.05, 0) is 11.5 Å². The summed E-state index contributed by atoms with van der Waals surface area (Å²) in [7, 11) is 0. The Kier molecular flexibility index (Phi) is 6.82. The van der Waals surface area contributed by atoms with Crippen LogP contribution in [0.5, 0.6) is 0 Å². The third-order valence-corrected chi connectivity index (χ3v) is 2.29. The van der Waals surface area contributed by atoms with Crippen molar-refractivity contribution in [2.24, 2.45) is 5.92 Å². The molecule has 0 atom stereocenters. The lowest BCUT2D eigenvalue weighted by molar-refractivity contribution is -0.147. The summed E-state index contributed by atoms with van der Waals surface area (Å²) < 4.78 is 10.2. The van der Waals surface area contributed by atoms with Gasteiger partial charge in [0.05, 0.1) is 13.2 Å². The van der Waals surface area contributed by atoms with E-state index < -0.39 is 5.97 Å². The fourth-order valence-electron chi connectivity index (χ4n) is 1.38. The number of carbonyl (C=O) groups is 2. The molecule has 0 saturated heterocycles. The molecule has 1 rings (SSSR count). The molecule has 4 nitrogen and oxygen atoms in total. The summed E-state index contributed by atoms with van der Waals surface area (Å²) in [5.74, 6) is -0.472. The Morgan fingerprint density at radius 2 is 1.84 bits per heavy atom. The van der Waals surface area contributed by atoms with Crippen LogP contribution >= 0.6 is 0 Å². The van der Waals surface area contributed by atoms with Crippen molar-refractivity contribution in [2.75, 3.05) is 13.2 Å². The normalized spacial score (nSPS) is 10.5. The van der Waals surface area contributed by atoms with Crippen LogP contribution in [-0.2, 0) is 25.7 Å². The van der Waals surface area contributed by atoms with Gasteiger partial charge in [-0.15, -0.1) is 0 Å². The smallest absolute Gasteiger partial charge is 0.313 e. The second kappa shape index (κ2) is 8.43. The first-order valence-corrected chi connectivity index (χ1v) is 6.37. The van der Waals surface area contributed by atoms with Crippen LogP contribution in [0.1, 0.15) is 25.8 Å². The predicted molar refractivity (Wildman–Crippen MR) is 71.5 cm³/mol. The molecule has 0 saturated carbocycles. The lowest BCUT2D eigenvalue weighted by Gasteiger charge is -2.07. The third-order valence-electron chi connectivity index (χ3n) is 2.29. The molecule has 0 aliphatic rings. The quantitative estimate of drug-likeness (QED) is 0.534. The second-order valence-electron chi connectivity index (χ2n) is 4.77. The predicted octanol–water partition coefficient (Wildman–Crippen LogP) is 2.36. The van der Waals surface area contributed by atoms with Gasteiger partial charge < -0.3 is 9.47 Å². The van der Waals surface area contributed by atoms with Crippen LogP contribution in [0, 0.1) is 5.92 Å². The van der Waals surface area contributed by atoms with Gasteiger partial charge in [-0.25, -0.2) is 0 Å². The Morgan fingerprint density at radius 3 is 2.47 bits per heavy atom. The number of hydrogen-bond acceptors (Lipinski definition) is 4. The fourth-order valence-corrected chi connectivity index (χ4v) is 1.38. The van der Waals surface area contributed by atoms with Gasteiger partial charge in [-0.2, -0.15) is 0 Å². The van der Waals surface area contributed by atoms with E-state index in [2.05, 4.69) is 0 Å². The molecule has 1 aromatic rings. The van der Waals surface area contributed by atoms with Gasteiger partial charge in [-0.1, -0.05) is 44.2 Å². The van der Waals surface area contributed by atoms with Crippen LogP contribution in [0.15, 0.2) is 30.3 Å². The van der Waals surface area contributed by atoms with E-state index >= 15 is 0 Å². The van der Waals surface area contributed by atoms with Gasteiger partial charge >= 0.3 is 5.97 Å². The zero-order valence-electron chi connectivity index (χ0n) is 11.4. The lowest BCUT2D eigenvalue weighted by atomic mass is 10.2. The molecule has 0 spiro atoms. The van der Waals surface area contributed by atoms with E-state index in [1.165, 1.54) is 0 Å². The van der Waals surface area contributed by atoms with E-state index in [0.717, 1.165) is 5.56 Å². The van der Waals surface area contributed by atoms with Gasteiger partial charge in [-0.3, -0.25) is 9.59 Å². The van der Waals surface area contributed by atoms with Crippen LogP contribution in [0.3, 0.4) is 0 Å². The van der Waals surface area contributed by atoms with Gasteiger partial charge in [0.1, 0.15) is 13.0 Å². The van der Waals surface area contributed by atoms with Crippen molar-refractivity contribution in [1.82, 2.24) is 0 Å². The highest BCUT2D eigenvalue weighted by Crippen LogP contribution is 2.01. The van der Waals surface area contributed by atoms with E-state index in [9.17, 15) is 9.59 Å². The molecule has 104 valence electrons. The second-order valence-corrected chi connectivity index (χ2v) is 4.77. The highest BCUT2D eigenvalue weighted by molar-refractivity contribution is 5.96. The van der Waals surface area contributed by atoms with Gasteiger partial charge in [0.15, 0.2) is 5.78 Å². The molecule has 0 N–H and O–H groups in total. The number of Topliss-reactive ketones (excluding diaryl/α,β-unsaturated/α-hetero) is 1. The number of benzene rings is 1. The van der Waals surface area contributed by atoms with Crippen molar-refractivity contribution in [3.05, 3.63) is 35.9 Å². The number of esters is 1. The molecule has 0 fully saturated rings. The Labute approximate surface area is 113 Å². The number of hydrogen-bond donors (Lipinski definition) is 0. The molecule has 4 heteroatoms. The van der Waals surface area contributed by atoms with Crippen molar-refractivity contribution < 1.29 is 19.1 Å². The summed E-state index contributed by atoms with van der Waals surface area (Å²) in [5.41, 5.74) is 0.998. The molecule has 0 aromatic heterocycles. The van der Waals surface area contributed by atoms with Crippen LogP contribution < -0.4 is 0 Å². The number of ether oxygens (including phenoxy) is 2. The Balaban J connectivity index is 2.16. The number of rotatable bonds is 8. The topological polar surface area (TPSA) is 52.6 Å². The van der Waals surface area contributed by atoms with E-state index in [4.69, 9.17) is 9.47 Å². The molecule has 0 aliphatic carbocycles. The first-order valence-electron chi connectivity index (χ1n) is 6.37. The first kappa shape index (κ1) is 15.4. The summed E-state index contributed by atoms with van der Waals surface area (Å²) >= 11 is 0. The Bertz CT molecular complexity index is 398. The third kappa shape index (κ3) is 7.36. The van der Waals surface area contributed by atoms with E-state index in [1.807, 2.05) is 44.2 Å². The zero-order chi connectivity index (χ0) is 14.1. The average molecular weight is 264 g/mol. The SMILES string of the molecule is CC(C)COC(=O)CC(=O)COCc1ccccc1. The molecule has 0 radical (unpaired) electrons. The van der Waals surface area contributed by atoms with E-state index in [0.29, 0.717) is 13.2 Å². The van der Waals surface area contributed by atoms with Crippen LogP contribution in [0.2, 0.25) is 0 Å². The molecular weight excluding hydrogens is 244 g/mol. The average Bonchev–Trinajstić information content (AvgIpc) is 2.37. The molecule has 0 aliphatic heterocycles. The summed E-state index contributed by atoms with van der Waals surface area (Å²) in [5, 5.41) is 0. The van der Waals surface area contributed by atoms with Crippen LogP contribution in [-0.4, -0.2) is 25.0 Å². The first-order chi connectivity index (χ1) is 9.08. The van der Waals surface area contributed by atoms with Gasteiger partial charge in [0.2, 0.25) is 0 Å². The minimum absolute atomic E-state index is 0.0638. The van der Waals surface area contributed by atoms with Gasteiger partial charge in [0.25, 0.3) is 0 Å². The Hall–Kier alpha value is -1.68. The molecule has 0 bridgehead atoms. The summed E-state index contributed by atoms with van der Waals surface area (Å²) in [6.45, 7) is 4.53. The van der Waals surface area contributed by atoms with Gasteiger partial charge in [0, 0.05) is 0 Å². The maximum absolute atomic E-state index is 11.5. The minimum Gasteiger partial charge on any atom is -0.465 e. The van der Waals surface area contributed by atoms with Crippen molar-refractivity contribution in [1.29, 1.82) is 0 Å². The molecule has 1 aromatic carbocycles. The zero-order valence-corrected chi connectivity index (χ0v) is 11.4. The molecule has 0 amide bonds. The highest BCUT2D eigenvalue weighted by atomic mass is 16.5. The largest absolute Gasteiger partial charge is 0.465 e. The number of carbonyl (C=O) groups excluding carboxylic acids is 2. The summed E-state index contributed by atoms with van der Waals surface area (Å²) in [6, 6.07) is 9.57. The van der Waals surface area contributed by atoms with Crippen LogP contribution in [0.25, 0.3) is 0 Å². The minimum atomic E-state index is -0.484. The monoisotopic (exact) mass is 264 g/mol. The maximum atomic E-state index is 11.5. The maximum Gasteiger partial charge on any atom is 0.313 e. The fraction of sp³-hybridized carbons (Fsp3) is 0.467. The molecule has 0 heterocycles. The van der Waals surface area contributed by atoms with Crippen molar-refractivity contribution >= 4 is 11.8 Å². The summed E-state index contributed by atoms with van der Waals surface area (Å²) in [4.78, 5) is 22.8. The molecule has 0 unspecified atom stereocenters. The number of ketones is 1.